The minimum Gasteiger partial charge on any atom is -0.297 e. The summed E-state index contributed by atoms with van der Waals surface area (Å²) in [5, 5.41) is 0.410. The second kappa shape index (κ2) is 3.31. The lowest BCUT2D eigenvalue weighted by molar-refractivity contribution is -0.119. The number of nitrogens with one attached hydrogen (secondary N) is 1. The van der Waals surface area contributed by atoms with E-state index in [1.165, 1.54) is 12.1 Å². The van der Waals surface area contributed by atoms with Gasteiger partial charge in [0.1, 0.15) is 11.9 Å². The number of carbonyl (C=O) groups is 1. The van der Waals surface area contributed by atoms with Crippen molar-refractivity contribution in [1.82, 2.24) is 5.43 Å². The van der Waals surface area contributed by atoms with Gasteiger partial charge < -0.3 is 0 Å². The van der Waals surface area contributed by atoms with Crippen molar-refractivity contribution in [3.05, 3.63) is 34.1 Å². The second-order valence-electron chi connectivity index (χ2n) is 3.16. The first-order valence-corrected chi connectivity index (χ1v) is 4.48. The molecule has 0 bridgehead atoms. The van der Waals surface area contributed by atoms with E-state index in [9.17, 15) is 9.18 Å². The summed E-state index contributed by atoms with van der Waals surface area (Å²) in [6.07, 6.45) is 0.140. The van der Waals surface area contributed by atoms with Crippen molar-refractivity contribution in [3.8, 4) is 0 Å². The van der Waals surface area contributed by atoms with Crippen LogP contribution in [0.2, 0.25) is 5.02 Å². The Bertz CT molecular complexity index is 408. The summed E-state index contributed by atoms with van der Waals surface area (Å²) in [7, 11) is 0. The van der Waals surface area contributed by atoms with E-state index in [0.717, 1.165) is 0 Å². The molecule has 3 nitrogen and oxygen atoms in total. The van der Waals surface area contributed by atoms with Gasteiger partial charge in [-0.15, -0.1) is 0 Å². The van der Waals surface area contributed by atoms with Crippen molar-refractivity contribution >= 4 is 17.4 Å². The quantitative estimate of drug-likeness (QED) is 0.544. The second-order valence-corrected chi connectivity index (χ2v) is 3.57. The largest absolute Gasteiger partial charge is 0.297 e. The highest BCUT2D eigenvalue weighted by molar-refractivity contribution is 6.32. The number of benzene rings is 1. The van der Waals surface area contributed by atoms with Gasteiger partial charge in [-0.05, 0) is 17.7 Å². The van der Waals surface area contributed by atoms with E-state index in [1.54, 1.807) is 0 Å². The zero-order chi connectivity index (χ0) is 10.3. The maximum absolute atomic E-state index is 13.4. The number of hydrazine groups is 1. The monoisotopic (exact) mass is 214 g/mol. The van der Waals surface area contributed by atoms with Crippen LogP contribution in [0.5, 0.6) is 0 Å². The van der Waals surface area contributed by atoms with E-state index in [4.69, 9.17) is 17.4 Å². The molecule has 0 fully saturated rings. The fourth-order valence-corrected chi connectivity index (χ4v) is 1.95. The van der Waals surface area contributed by atoms with E-state index >= 15 is 0 Å². The van der Waals surface area contributed by atoms with Gasteiger partial charge in [0.25, 0.3) is 0 Å². The van der Waals surface area contributed by atoms with Gasteiger partial charge in [0.15, 0.2) is 5.78 Å². The van der Waals surface area contributed by atoms with Crippen molar-refractivity contribution in [2.45, 2.75) is 12.5 Å². The van der Waals surface area contributed by atoms with Crippen LogP contribution in [0.3, 0.4) is 0 Å². The van der Waals surface area contributed by atoms with Crippen LogP contribution in [-0.2, 0) is 11.2 Å². The highest BCUT2D eigenvalue weighted by Crippen LogP contribution is 2.34. The molecular weight excluding hydrogens is 207 g/mol. The lowest BCUT2D eigenvalue weighted by atomic mass is 10.1. The third-order valence-electron chi connectivity index (χ3n) is 2.38. The van der Waals surface area contributed by atoms with Crippen LogP contribution in [-0.4, -0.2) is 5.78 Å². The Morgan fingerprint density at radius 1 is 1.57 bits per heavy atom. The first-order chi connectivity index (χ1) is 6.65. The normalized spacial score (nSPS) is 19.9. The van der Waals surface area contributed by atoms with Crippen LogP contribution >= 0.6 is 11.6 Å². The topological polar surface area (TPSA) is 55.1 Å². The number of ketones is 1. The van der Waals surface area contributed by atoms with Gasteiger partial charge in [-0.3, -0.25) is 10.6 Å². The summed E-state index contributed by atoms with van der Waals surface area (Å²) in [5.41, 5.74) is 3.11. The Morgan fingerprint density at radius 2 is 2.29 bits per heavy atom. The van der Waals surface area contributed by atoms with E-state index < -0.39 is 11.9 Å². The Labute approximate surface area is 85.0 Å². The Kier molecular flexibility index (Phi) is 2.26. The molecule has 1 aromatic carbocycles. The minimum absolute atomic E-state index is 0.140. The van der Waals surface area contributed by atoms with Gasteiger partial charge >= 0.3 is 0 Å². The zero-order valence-electron chi connectivity index (χ0n) is 7.18. The maximum atomic E-state index is 13.4. The van der Waals surface area contributed by atoms with Crippen LogP contribution in [0.4, 0.5) is 4.39 Å². The average Bonchev–Trinajstić information content (AvgIpc) is 2.50. The van der Waals surface area contributed by atoms with E-state index in [2.05, 4.69) is 5.43 Å². The van der Waals surface area contributed by atoms with Gasteiger partial charge in [-0.2, -0.15) is 0 Å². The zero-order valence-corrected chi connectivity index (χ0v) is 7.94. The number of hydrogen-bond acceptors (Lipinski definition) is 3. The first kappa shape index (κ1) is 9.58. The van der Waals surface area contributed by atoms with Gasteiger partial charge in [0.05, 0.1) is 0 Å². The van der Waals surface area contributed by atoms with Crippen molar-refractivity contribution in [1.29, 1.82) is 0 Å². The number of halogens is 2. The predicted molar refractivity (Wildman–Crippen MR) is 50.2 cm³/mol. The van der Waals surface area contributed by atoms with E-state index in [0.29, 0.717) is 10.6 Å². The number of carbonyl (C=O) groups excluding carboxylic acids is 1. The molecule has 0 saturated heterocycles. The molecule has 0 spiro atoms. The number of fused-ring (bicyclic) bond motifs is 1. The summed E-state index contributed by atoms with van der Waals surface area (Å²) in [4.78, 5) is 11.4. The molecule has 0 amide bonds. The molecule has 5 heteroatoms. The Balaban J connectivity index is 2.62. The molecule has 74 valence electrons. The molecule has 0 heterocycles. The molecule has 0 aromatic heterocycles. The molecule has 1 aliphatic carbocycles. The van der Waals surface area contributed by atoms with Crippen LogP contribution in [0.25, 0.3) is 0 Å². The van der Waals surface area contributed by atoms with Crippen LogP contribution in [0, 0.1) is 5.82 Å². The summed E-state index contributed by atoms with van der Waals surface area (Å²) in [5.74, 6) is 4.57. The molecule has 0 saturated carbocycles. The van der Waals surface area contributed by atoms with Crippen LogP contribution in [0.15, 0.2) is 12.1 Å². The molecule has 1 atom stereocenters. The molecule has 0 radical (unpaired) electrons. The Hall–Kier alpha value is -0.970. The first-order valence-electron chi connectivity index (χ1n) is 4.10. The van der Waals surface area contributed by atoms with Gasteiger partial charge in [-0.25, -0.2) is 9.82 Å². The average molecular weight is 215 g/mol. The van der Waals surface area contributed by atoms with Gasteiger partial charge in [0.2, 0.25) is 0 Å². The lowest BCUT2D eigenvalue weighted by Crippen LogP contribution is -2.31. The highest BCUT2D eigenvalue weighted by atomic mass is 35.5. The van der Waals surface area contributed by atoms with Crippen molar-refractivity contribution in [2.24, 2.45) is 5.84 Å². The predicted octanol–water partition coefficient (Wildman–Crippen LogP) is 1.11. The molecule has 0 aliphatic heterocycles. The van der Waals surface area contributed by atoms with Crippen molar-refractivity contribution in [2.75, 3.05) is 0 Å². The molecule has 1 aromatic rings. The third-order valence-corrected chi connectivity index (χ3v) is 2.73. The molecule has 3 N–H and O–H groups in total. The molecule has 1 aliphatic rings. The summed E-state index contributed by atoms with van der Waals surface area (Å²) in [6.45, 7) is 0. The van der Waals surface area contributed by atoms with Crippen LogP contribution in [0.1, 0.15) is 17.2 Å². The summed E-state index contributed by atoms with van der Waals surface area (Å²) < 4.78 is 13.4. The number of hydrogen-bond donors (Lipinski definition) is 2. The Morgan fingerprint density at radius 3 is 2.93 bits per heavy atom. The SMILES string of the molecule is NN[C@H]1C(=O)Cc2c(Cl)ccc(F)c21. The molecule has 14 heavy (non-hydrogen) atoms. The van der Waals surface area contributed by atoms with E-state index in [-0.39, 0.29) is 17.8 Å². The minimum atomic E-state index is -0.760. The molecule has 0 unspecified atom stereocenters. The fourth-order valence-electron chi connectivity index (χ4n) is 1.71. The van der Waals surface area contributed by atoms with Crippen molar-refractivity contribution < 1.29 is 9.18 Å². The molecule has 2 rings (SSSR count). The third kappa shape index (κ3) is 1.23. The maximum Gasteiger partial charge on any atom is 0.160 e. The van der Waals surface area contributed by atoms with Gasteiger partial charge in [0, 0.05) is 17.0 Å². The molecular formula is C9H8ClFN2O. The smallest absolute Gasteiger partial charge is 0.160 e. The number of rotatable bonds is 1. The fraction of sp³-hybridized carbons (Fsp3) is 0.222. The standard InChI is InChI=1S/C9H8ClFN2O/c10-5-1-2-6(11)8-4(5)3-7(14)9(8)13-12/h1-2,9,13H,3,12H2/t9-/m0/s1. The van der Waals surface area contributed by atoms with E-state index in [1.807, 2.05) is 0 Å². The van der Waals surface area contributed by atoms with Crippen LogP contribution < -0.4 is 11.3 Å². The summed E-state index contributed by atoms with van der Waals surface area (Å²) in [6, 6.07) is 1.93. The van der Waals surface area contributed by atoms with Gasteiger partial charge in [-0.1, -0.05) is 11.6 Å². The lowest BCUT2D eigenvalue weighted by Gasteiger charge is -2.09. The van der Waals surface area contributed by atoms with Crippen molar-refractivity contribution in [3.63, 3.8) is 0 Å². The summed E-state index contributed by atoms with van der Waals surface area (Å²) >= 11 is 5.84. The number of Topliss-reactive ketones (excluding diaryl/α,β-unsaturated/α-hetero) is 1. The number of nitrogens with two attached hydrogens (primary N) is 1. The highest BCUT2D eigenvalue weighted by Gasteiger charge is 2.33.